The van der Waals surface area contributed by atoms with Crippen molar-refractivity contribution < 1.29 is 14.3 Å². The Balaban J connectivity index is 2.03. The van der Waals surface area contributed by atoms with Gasteiger partial charge in [0.1, 0.15) is 11.6 Å². The number of para-hydroxylation sites is 1. The summed E-state index contributed by atoms with van der Waals surface area (Å²) in [5.74, 6) is -0.635. The van der Waals surface area contributed by atoms with Gasteiger partial charge < -0.3 is 10.4 Å². The Kier molecular flexibility index (Phi) is 3.57. The minimum Gasteiger partial charge on any atom is -0.508 e. The second kappa shape index (κ2) is 5.31. The van der Waals surface area contributed by atoms with E-state index in [1.165, 1.54) is 24.3 Å². The van der Waals surface area contributed by atoms with Crippen LogP contribution in [0, 0.1) is 5.82 Å². The van der Waals surface area contributed by atoms with E-state index in [1.807, 2.05) is 0 Å². The molecule has 92 valence electrons. The monoisotopic (exact) mass is 245 g/mol. The number of amides is 1. The zero-order valence-electron chi connectivity index (χ0n) is 9.56. The molecule has 0 atom stereocenters. The molecular formula is C14H12FNO2. The van der Waals surface area contributed by atoms with E-state index in [-0.39, 0.29) is 18.1 Å². The van der Waals surface area contributed by atoms with E-state index >= 15 is 0 Å². The maximum absolute atomic E-state index is 12.9. The van der Waals surface area contributed by atoms with Gasteiger partial charge in [0, 0.05) is 11.3 Å². The number of benzene rings is 2. The third-order valence-electron chi connectivity index (χ3n) is 2.45. The number of halogens is 1. The lowest BCUT2D eigenvalue weighted by atomic mass is 10.1. The number of phenols is 1. The number of hydrogen-bond donors (Lipinski definition) is 2. The van der Waals surface area contributed by atoms with E-state index in [0.717, 1.165) is 0 Å². The van der Waals surface area contributed by atoms with Gasteiger partial charge in [-0.05, 0) is 24.3 Å². The molecule has 1 amide bonds. The second-order valence-electron chi connectivity index (χ2n) is 3.86. The highest BCUT2D eigenvalue weighted by molar-refractivity contribution is 5.92. The van der Waals surface area contributed by atoms with E-state index in [4.69, 9.17) is 0 Å². The fourth-order valence-corrected chi connectivity index (χ4v) is 1.60. The first kappa shape index (κ1) is 12.1. The van der Waals surface area contributed by atoms with Crippen molar-refractivity contribution in [3.05, 3.63) is 59.9 Å². The predicted molar refractivity (Wildman–Crippen MR) is 66.8 cm³/mol. The Labute approximate surface area is 104 Å². The molecule has 0 unspecified atom stereocenters. The lowest BCUT2D eigenvalue weighted by molar-refractivity contribution is -0.115. The Morgan fingerprint density at radius 2 is 1.94 bits per heavy atom. The number of carbonyl (C=O) groups excluding carboxylic acids is 1. The van der Waals surface area contributed by atoms with Crippen LogP contribution in [-0.4, -0.2) is 11.0 Å². The third-order valence-corrected chi connectivity index (χ3v) is 2.45. The average Bonchev–Trinajstić information content (AvgIpc) is 2.32. The summed E-state index contributed by atoms with van der Waals surface area (Å²) in [5.41, 5.74) is 0.932. The van der Waals surface area contributed by atoms with Crippen LogP contribution in [0.25, 0.3) is 0 Å². The van der Waals surface area contributed by atoms with Crippen LogP contribution in [0.2, 0.25) is 0 Å². The van der Waals surface area contributed by atoms with Crippen molar-refractivity contribution in [2.75, 3.05) is 5.32 Å². The van der Waals surface area contributed by atoms with Gasteiger partial charge in [-0.1, -0.05) is 24.3 Å². The highest BCUT2D eigenvalue weighted by Gasteiger charge is 2.07. The molecule has 0 radical (unpaired) electrons. The van der Waals surface area contributed by atoms with Gasteiger partial charge in [-0.25, -0.2) is 4.39 Å². The summed E-state index contributed by atoms with van der Waals surface area (Å²) in [4.78, 5) is 11.7. The Bertz CT molecular complexity index is 569. The van der Waals surface area contributed by atoms with Crippen molar-refractivity contribution in [1.29, 1.82) is 0 Å². The Morgan fingerprint density at radius 3 is 2.67 bits per heavy atom. The van der Waals surface area contributed by atoms with Gasteiger partial charge in [0.05, 0.1) is 6.42 Å². The van der Waals surface area contributed by atoms with Crippen LogP contribution in [-0.2, 0) is 11.2 Å². The van der Waals surface area contributed by atoms with Gasteiger partial charge in [0.2, 0.25) is 5.91 Å². The van der Waals surface area contributed by atoms with Crippen LogP contribution in [0.5, 0.6) is 5.75 Å². The van der Waals surface area contributed by atoms with Crippen LogP contribution in [0.4, 0.5) is 10.1 Å². The normalized spacial score (nSPS) is 10.1. The fourth-order valence-electron chi connectivity index (χ4n) is 1.60. The smallest absolute Gasteiger partial charge is 0.228 e. The molecule has 0 aliphatic carbocycles. The largest absolute Gasteiger partial charge is 0.508 e. The van der Waals surface area contributed by atoms with Crippen LogP contribution in [0.3, 0.4) is 0 Å². The molecule has 2 aromatic rings. The molecule has 0 fully saturated rings. The quantitative estimate of drug-likeness (QED) is 0.873. The summed E-state index contributed by atoms with van der Waals surface area (Å²) in [5, 5.41) is 12.1. The summed E-state index contributed by atoms with van der Waals surface area (Å²) in [6.45, 7) is 0. The summed E-state index contributed by atoms with van der Waals surface area (Å²) >= 11 is 0. The number of nitrogens with one attached hydrogen (secondary N) is 1. The van der Waals surface area contributed by atoms with E-state index in [9.17, 15) is 14.3 Å². The summed E-state index contributed by atoms with van der Waals surface area (Å²) in [7, 11) is 0. The summed E-state index contributed by atoms with van der Waals surface area (Å²) in [6, 6.07) is 12.3. The van der Waals surface area contributed by atoms with E-state index in [1.54, 1.807) is 24.3 Å². The first-order valence-corrected chi connectivity index (χ1v) is 5.47. The van der Waals surface area contributed by atoms with E-state index in [2.05, 4.69) is 5.32 Å². The van der Waals surface area contributed by atoms with Crippen LogP contribution >= 0.6 is 0 Å². The molecule has 0 aromatic heterocycles. The van der Waals surface area contributed by atoms with E-state index < -0.39 is 5.82 Å². The first-order chi connectivity index (χ1) is 8.65. The Morgan fingerprint density at radius 1 is 1.17 bits per heavy atom. The van der Waals surface area contributed by atoms with Crippen LogP contribution in [0.1, 0.15) is 5.56 Å². The number of phenolic OH excluding ortho intramolecular Hbond substituents is 1. The van der Waals surface area contributed by atoms with Crippen molar-refractivity contribution in [1.82, 2.24) is 0 Å². The molecule has 2 N–H and O–H groups in total. The number of aromatic hydroxyl groups is 1. The molecule has 0 spiro atoms. The number of anilines is 1. The van der Waals surface area contributed by atoms with Crippen molar-refractivity contribution in [2.45, 2.75) is 6.42 Å². The molecule has 18 heavy (non-hydrogen) atoms. The average molecular weight is 245 g/mol. The molecule has 3 nitrogen and oxygen atoms in total. The molecule has 0 aliphatic heterocycles. The molecule has 2 rings (SSSR count). The fraction of sp³-hybridized carbons (Fsp3) is 0.0714. The maximum atomic E-state index is 12.9. The molecule has 0 saturated carbocycles. The first-order valence-electron chi connectivity index (χ1n) is 5.47. The summed E-state index contributed by atoms with van der Waals surface area (Å²) < 4.78 is 12.9. The molecule has 0 heterocycles. The SMILES string of the molecule is O=C(Cc1ccccc1O)Nc1cccc(F)c1. The second-order valence-corrected chi connectivity index (χ2v) is 3.86. The molecule has 0 bridgehead atoms. The molecule has 0 saturated heterocycles. The van der Waals surface area contributed by atoms with Crippen molar-refractivity contribution in [3.8, 4) is 5.75 Å². The third kappa shape index (κ3) is 3.07. The van der Waals surface area contributed by atoms with Gasteiger partial charge in [-0.2, -0.15) is 0 Å². The number of rotatable bonds is 3. The van der Waals surface area contributed by atoms with E-state index in [0.29, 0.717) is 11.3 Å². The van der Waals surface area contributed by atoms with Crippen LogP contribution in [0.15, 0.2) is 48.5 Å². The van der Waals surface area contributed by atoms with Crippen molar-refractivity contribution >= 4 is 11.6 Å². The number of hydrogen-bond acceptors (Lipinski definition) is 2. The van der Waals surface area contributed by atoms with Gasteiger partial charge in [-0.15, -0.1) is 0 Å². The van der Waals surface area contributed by atoms with Gasteiger partial charge in [0.15, 0.2) is 0 Å². The zero-order chi connectivity index (χ0) is 13.0. The minimum absolute atomic E-state index is 0.0448. The zero-order valence-corrected chi connectivity index (χ0v) is 9.56. The highest BCUT2D eigenvalue weighted by atomic mass is 19.1. The van der Waals surface area contributed by atoms with Crippen LogP contribution < -0.4 is 5.32 Å². The van der Waals surface area contributed by atoms with Gasteiger partial charge in [0.25, 0.3) is 0 Å². The standard InChI is InChI=1S/C14H12FNO2/c15-11-5-3-6-12(9-11)16-14(18)8-10-4-1-2-7-13(10)17/h1-7,9,17H,8H2,(H,16,18). The molecule has 0 aliphatic rings. The molecular weight excluding hydrogens is 233 g/mol. The lowest BCUT2D eigenvalue weighted by Gasteiger charge is -2.06. The van der Waals surface area contributed by atoms with Gasteiger partial charge >= 0.3 is 0 Å². The topological polar surface area (TPSA) is 49.3 Å². The lowest BCUT2D eigenvalue weighted by Crippen LogP contribution is -2.14. The van der Waals surface area contributed by atoms with Crippen molar-refractivity contribution in [2.24, 2.45) is 0 Å². The summed E-state index contributed by atoms with van der Waals surface area (Å²) in [6.07, 6.45) is 0.0448. The van der Waals surface area contributed by atoms with Crippen molar-refractivity contribution in [3.63, 3.8) is 0 Å². The molecule has 2 aromatic carbocycles. The highest BCUT2D eigenvalue weighted by Crippen LogP contribution is 2.17. The Hall–Kier alpha value is -2.36. The number of carbonyl (C=O) groups is 1. The molecule has 4 heteroatoms. The predicted octanol–water partition coefficient (Wildman–Crippen LogP) is 2.71. The maximum Gasteiger partial charge on any atom is 0.228 e. The van der Waals surface area contributed by atoms with Gasteiger partial charge in [-0.3, -0.25) is 4.79 Å². The minimum atomic E-state index is -0.407.